The van der Waals surface area contributed by atoms with Crippen LogP contribution in [0.1, 0.15) is 18.1 Å². The van der Waals surface area contributed by atoms with E-state index in [2.05, 4.69) is 0 Å². The zero-order chi connectivity index (χ0) is 8.97. The Hall–Kier alpha value is -0.960. The summed E-state index contributed by atoms with van der Waals surface area (Å²) in [5.41, 5.74) is 0. The molecule has 0 aliphatic rings. The third-order valence-corrected chi connectivity index (χ3v) is 1.63. The van der Waals surface area contributed by atoms with Crippen LogP contribution in [-0.4, -0.2) is 12.6 Å². The number of carbonyl (C=O) groups is 1. The van der Waals surface area contributed by atoms with Crippen molar-refractivity contribution in [2.24, 2.45) is 0 Å². The molecule has 0 radical (unpaired) electrons. The summed E-state index contributed by atoms with van der Waals surface area (Å²) in [4.78, 5) is 10.4. The smallest absolute Gasteiger partial charge is 0.302 e. The highest BCUT2D eigenvalue weighted by molar-refractivity contribution is 6.20. The number of alkyl halides is 1. The molecule has 66 valence electrons. The predicted octanol–water partition coefficient (Wildman–Crippen LogP) is 2.12. The monoisotopic (exact) mass is 188 g/mol. The first-order valence-corrected chi connectivity index (χ1v) is 3.94. The van der Waals surface area contributed by atoms with Gasteiger partial charge in [-0.15, -0.1) is 11.6 Å². The lowest BCUT2D eigenvalue weighted by Gasteiger charge is -2.05. The zero-order valence-corrected chi connectivity index (χ0v) is 7.38. The summed E-state index contributed by atoms with van der Waals surface area (Å²) in [5, 5.41) is -0.399. The van der Waals surface area contributed by atoms with Gasteiger partial charge in [0.2, 0.25) is 0 Å². The second-order valence-electron chi connectivity index (χ2n) is 2.29. The second-order valence-corrected chi connectivity index (χ2v) is 2.81. The van der Waals surface area contributed by atoms with Crippen LogP contribution in [0.15, 0.2) is 22.8 Å². The van der Waals surface area contributed by atoms with E-state index >= 15 is 0 Å². The Bertz CT molecular complexity index is 243. The lowest BCUT2D eigenvalue weighted by molar-refractivity contribution is -0.141. The minimum atomic E-state index is -0.399. The van der Waals surface area contributed by atoms with Gasteiger partial charge in [0.15, 0.2) is 0 Å². The van der Waals surface area contributed by atoms with E-state index in [1.54, 1.807) is 12.1 Å². The normalized spacial score (nSPS) is 12.5. The first-order valence-electron chi connectivity index (χ1n) is 3.51. The van der Waals surface area contributed by atoms with Crippen LogP contribution < -0.4 is 0 Å². The maximum Gasteiger partial charge on any atom is 0.302 e. The van der Waals surface area contributed by atoms with Gasteiger partial charge in [-0.2, -0.15) is 0 Å². The Morgan fingerprint density at radius 3 is 3.08 bits per heavy atom. The summed E-state index contributed by atoms with van der Waals surface area (Å²) >= 11 is 5.82. The van der Waals surface area contributed by atoms with Gasteiger partial charge in [-0.05, 0) is 12.1 Å². The molecule has 0 saturated carbocycles. The summed E-state index contributed by atoms with van der Waals surface area (Å²) in [5.74, 6) is 0.269. The third kappa shape index (κ3) is 2.58. The molecule has 0 N–H and O–H groups in total. The first-order chi connectivity index (χ1) is 5.70. The number of carbonyl (C=O) groups excluding carboxylic acids is 1. The van der Waals surface area contributed by atoms with Crippen LogP contribution in [0.4, 0.5) is 0 Å². The fraction of sp³-hybridized carbons (Fsp3) is 0.375. The number of furan rings is 1. The molecule has 0 bridgehead atoms. The van der Waals surface area contributed by atoms with Crippen LogP contribution in [0.5, 0.6) is 0 Å². The minimum Gasteiger partial charge on any atom is -0.468 e. The van der Waals surface area contributed by atoms with Crippen molar-refractivity contribution in [2.45, 2.75) is 12.3 Å². The number of ether oxygens (including phenoxy) is 1. The lowest BCUT2D eigenvalue weighted by Crippen LogP contribution is -2.05. The van der Waals surface area contributed by atoms with Gasteiger partial charge in [0.05, 0.1) is 6.26 Å². The first kappa shape index (κ1) is 9.13. The molecule has 0 aliphatic heterocycles. The fourth-order valence-corrected chi connectivity index (χ4v) is 0.929. The highest BCUT2D eigenvalue weighted by Gasteiger charge is 2.11. The highest BCUT2D eigenvalue weighted by atomic mass is 35.5. The van der Waals surface area contributed by atoms with Gasteiger partial charge < -0.3 is 9.15 Å². The molecule has 1 aromatic heterocycles. The zero-order valence-electron chi connectivity index (χ0n) is 6.62. The van der Waals surface area contributed by atoms with E-state index in [-0.39, 0.29) is 12.6 Å². The number of hydrogen-bond acceptors (Lipinski definition) is 3. The molecule has 4 heteroatoms. The third-order valence-electron chi connectivity index (χ3n) is 1.28. The Balaban J connectivity index is 2.39. The Morgan fingerprint density at radius 2 is 2.58 bits per heavy atom. The molecule has 0 saturated heterocycles. The van der Waals surface area contributed by atoms with Crippen LogP contribution in [0, 0.1) is 0 Å². The highest BCUT2D eigenvalue weighted by Crippen LogP contribution is 2.20. The molecule has 0 spiro atoms. The molecule has 1 heterocycles. The van der Waals surface area contributed by atoms with Gasteiger partial charge >= 0.3 is 5.97 Å². The van der Waals surface area contributed by atoms with E-state index in [1.807, 2.05) is 0 Å². The molecular weight excluding hydrogens is 180 g/mol. The van der Waals surface area contributed by atoms with Gasteiger partial charge in [-0.1, -0.05) is 0 Å². The largest absolute Gasteiger partial charge is 0.468 e. The van der Waals surface area contributed by atoms with Gasteiger partial charge in [0.1, 0.15) is 17.7 Å². The van der Waals surface area contributed by atoms with E-state index in [0.29, 0.717) is 5.76 Å². The van der Waals surface area contributed by atoms with Crippen molar-refractivity contribution < 1.29 is 13.9 Å². The molecule has 3 nitrogen and oxygen atoms in total. The molecule has 0 fully saturated rings. The molecule has 1 unspecified atom stereocenters. The Kier molecular flexibility index (Phi) is 3.17. The summed E-state index contributed by atoms with van der Waals surface area (Å²) in [6.45, 7) is 1.48. The van der Waals surface area contributed by atoms with Crippen molar-refractivity contribution in [1.29, 1.82) is 0 Å². The SMILES string of the molecule is CC(=O)OCC(Cl)c1ccco1. The van der Waals surface area contributed by atoms with Crippen molar-refractivity contribution in [3.8, 4) is 0 Å². The van der Waals surface area contributed by atoms with E-state index < -0.39 is 5.38 Å². The van der Waals surface area contributed by atoms with Crippen molar-refractivity contribution in [3.63, 3.8) is 0 Å². The Morgan fingerprint density at radius 1 is 1.83 bits per heavy atom. The predicted molar refractivity (Wildman–Crippen MR) is 43.9 cm³/mol. The van der Waals surface area contributed by atoms with Gasteiger partial charge in [-0.25, -0.2) is 0 Å². The molecular formula is C8H9ClO3. The number of halogens is 1. The van der Waals surface area contributed by atoms with E-state index in [9.17, 15) is 4.79 Å². The van der Waals surface area contributed by atoms with Crippen molar-refractivity contribution in [1.82, 2.24) is 0 Å². The average molecular weight is 189 g/mol. The molecule has 12 heavy (non-hydrogen) atoms. The molecule has 0 amide bonds. The summed E-state index contributed by atoms with van der Waals surface area (Å²) < 4.78 is 9.70. The van der Waals surface area contributed by atoms with Gasteiger partial charge in [0.25, 0.3) is 0 Å². The standard InChI is InChI=1S/C8H9ClO3/c1-6(10)12-5-7(9)8-3-2-4-11-8/h2-4,7H,5H2,1H3. The number of rotatable bonds is 3. The second kappa shape index (κ2) is 4.16. The number of esters is 1. The summed E-state index contributed by atoms with van der Waals surface area (Å²) in [7, 11) is 0. The topological polar surface area (TPSA) is 39.4 Å². The molecule has 0 aromatic carbocycles. The number of hydrogen-bond donors (Lipinski definition) is 0. The quantitative estimate of drug-likeness (QED) is 0.539. The van der Waals surface area contributed by atoms with Crippen LogP contribution >= 0.6 is 11.6 Å². The lowest BCUT2D eigenvalue weighted by atomic mass is 10.3. The van der Waals surface area contributed by atoms with E-state index in [1.165, 1.54) is 13.2 Å². The van der Waals surface area contributed by atoms with Gasteiger partial charge in [0, 0.05) is 6.92 Å². The van der Waals surface area contributed by atoms with Gasteiger partial charge in [-0.3, -0.25) is 4.79 Å². The summed E-state index contributed by atoms with van der Waals surface area (Å²) in [6.07, 6.45) is 1.53. The van der Waals surface area contributed by atoms with Crippen LogP contribution in [0.3, 0.4) is 0 Å². The van der Waals surface area contributed by atoms with Crippen LogP contribution in [0.25, 0.3) is 0 Å². The van der Waals surface area contributed by atoms with Crippen molar-refractivity contribution in [2.75, 3.05) is 6.61 Å². The Labute approximate surface area is 75.3 Å². The molecule has 0 aliphatic carbocycles. The van der Waals surface area contributed by atoms with Crippen LogP contribution in [0.2, 0.25) is 0 Å². The maximum absolute atomic E-state index is 10.4. The minimum absolute atomic E-state index is 0.143. The summed E-state index contributed by atoms with van der Waals surface area (Å²) in [6, 6.07) is 3.47. The van der Waals surface area contributed by atoms with Crippen molar-refractivity contribution >= 4 is 17.6 Å². The molecule has 1 rings (SSSR count). The van der Waals surface area contributed by atoms with E-state index in [0.717, 1.165) is 0 Å². The van der Waals surface area contributed by atoms with Crippen LogP contribution in [-0.2, 0) is 9.53 Å². The fourth-order valence-electron chi connectivity index (χ4n) is 0.742. The maximum atomic E-state index is 10.4. The molecule has 1 atom stereocenters. The van der Waals surface area contributed by atoms with Crippen molar-refractivity contribution in [3.05, 3.63) is 24.2 Å². The average Bonchev–Trinajstić information content (AvgIpc) is 2.51. The van der Waals surface area contributed by atoms with E-state index in [4.69, 9.17) is 20.8 Å². The molecule has 1 aromatic rings.